The molecule has 0 aromatic rings. The van der Waals surface area contributed by atoms with Crippen LogP contribution in [0.3, 0.4) is 0 Å². The van der Waals surface area contributed by atoms with E-state index in [0.29, 0.717) is 12.6 Å². The zero-order valence-corrected chi connectivity index (χ0v) is 9.47. The third kappa shape index (κ3) is 4.15. The first kappa shape index (κ1) is 12.4. The maximum atomic E-state index is 10.8. The van der Waals surface area contributed by atoms with E-state index < -0.39 is 11.4 Å². The second kappa shape index (κ2) is 5.44. The fraction of sp³-hybridized carbons (Fsp3) is 0.900. The van der Waals surface area contributed by atoms with Gasteiger partial charge in [0, 0.05) is 38.8 Å². The van der Waals surface area contributed by atoms with Crippen molar-refractivity contribution in [2.45, 2.75) is 19.9 Å². The van der Waals surface area contributed by atoms with Gasteiger partial charge in [-0.15, -0.1) is 0 Å². The van der Waals surface area contributed by atoms with Crippen LogP contribution in [0, 0.1) is 5.41 Å². The molecule has 0 aromatic carbocycles. The quantitative estimate of drug-likeness (QED) is 0.485. The number of nitrogens with one attached hydrogen (secondary N) is 3. The van der Waals surface area contributed by atoms with Crippen LogP contribution in [-0.2, 0) is 4.79 Å². The Labute approximate surface area is 90.6 Å². The van der Waals surface area contributed by atoms with Crippen molar-refractivity contribution in [3.63, 3.8) is 0 Å². The van der Waals surface area contributed by atoms with E-state index in [1.165, 1.54) is 0 Å². The van der Waals surface area contributed by atoms with Crippen LogP contribution in [0.2, 0.25) is 0 Å². The summed E-state index contributed by atoms with van der Waals surface area (Å²) in [5.74, 6) is -0.760. The topological polar surface area (TPSA) is 73.4 Å². The summed E-state index contributed by atoms with van der Waals surface area (Å²) < 4.78 is 0. The van der Waals surface area contributed by atoms with Crippen LogP contribution >= 0.6 is 0 Å². The summed E-state index contributed by atoms with van der Waals surface area (Å²) >= 11 is 0. The number of carbonyl (C=O) groups is 1. The summed E-state index contributed by atoms with van der Waals surface area (Å²) in [6, 6.07) is 0.406. The highest BCUT2D eigenvalue weighted by Gasteiger charge is 2.26. The van der Waals surface area contributed by atoms with Crippen LogP contribution in [-0.4, -0.2) is 49.8 Å². The van der Waals surface area contributed by atoms with E-state index in [1.807, 2.05) is 0 Å². The second-order valence-corrected chi connectivity index (χ2v) is 4.68. The Balaban J connectivity index is 2.17. The Morgan fingerprint density at radius 1 is 1.53 bits per heavy atom. The van der Waals surface area contributed by atoms with Crippen LogP contribution in [0.5, 0.6) is 0 Å². The molecule has 0 aliphatic carbocycles. The van der Waals surface area contributed by atoms with E-state index in [4.69, 9.17) is 5.11 Å². The molecule has 1 heterocycles. The molecular formula is C10H21N3O2. The van der Waals surface area contributed by atoms with E-state index in [1.54, 1.807) is 13.8 Å². The lowest BCUT2D eigenvalue weighted by Gasteiger charge is -2.26. The van der Waals surface area contributed by atoms with Crippen molar-refractivity contribution < 1.29 is 9.90 Å². The molecule has 1 saturated heterocycles. The molecule has 0 radical (unpaired) electrons. The predicted molar refractivity (Wildman–Crippen MR) is 58.9 cm³/mol. The number of hydrogen-bond donors (Lipinski definition) is 4. The van der Waals surface area contributed by atoms with Gasteiger partial charge in [0.1, 0.15) is 0 Å². The van der Waals surface area contributed by atoms with Gasteiger partial charge in [0.15, 0.2) is 0 Å². The van der Waals surface area contributed by atoms with Gasteiger partial charge in [0.2, 0.25) is 0 Å². The molecule has 88 valence electrons. The first-order valence-electron chi connectivity index (χ1n) is 5.40. The van der Waals surface area contributed by atoms with E-state index in [0.717, 1.165) is 26.2 Å². The summed E-state index contributed by atoms with van der Waals surface area (Å²) in [5.41, 5.74) is -0.692. The monoisotopic (exact) mass is 215 g/mol. The number of carboxylic acid groups (broad SMARTS) is 1. The van der Waals surface area contributed by atoms with Gasteiger partial charge in [-0.25, -0.2) is 0 Å². The summed E-state index contributed by atoms with van der Waals surface area (Å²) in [5, 5.41) is 18.8. The summed E-state index contributed by atoms with van der Waals surface area (Å²) in [4.78, 5) is 10.8. The zero-order chi connectivity index (χ0) is 11.3. The molecule has 0 amide bonds. The highest BCUT2D eigenvalue weighted by Crippen LogP contribution is 2.12. The zero-order valence-electron chi connectivity index (χ0n) is 9.47. The number of rotatable bonds is 5. The van der Waals surface area contributed by atoms with Crippen molar-refractivity contribution in [3.05, 3.63) is 0 Å². The molecule has 1 aliphatic heterocycles. The number of piperazine rings is 1. The third-order valence-electron chi connectivity index (χ3n) is 2.66. The fourth-order valence-electron chi connectivity index (χ4n) is 1.49. The van der Waals surface area contributed by atoms with Crippen LogP contribution in [0.25, 0.3) is 0 Å². The minimum Gasteiger partial charge on any atom is -0.481 e. The molecule has 5 nitrogen and oxygen atoms in total. The first-order chi connectivity index (χ1) is 7.02. The Morgan fingerprint density at radius 3 is 2.80 bits per heavy atom. The average Bonchev–Trinajstić information content (AvgIpc) is 2.19. The molecular weight excluding hydrogens is 194 g/mol. The highest BCUT2D eigenvalue weighted by atomic mass is 16.4. The standard InChI is InChI=1S/C10H21N3O2/c1-10(2,9(14)15)7-12-6-8-5-11-3-4-13-8/h8,11-13H,3-7H2,1-2H3,(H,14,15). The molecule has 1 fully saturated rings. The molecule has 0 spiro atoms. The fourth-order valence-corrected chi connectivity index (χ4v) is 1.49. The van der Waals surface area contributed by atoms with E-state index in [9.17, 15) is 4.79 Å². The predicted octanol–water partition coefficient (Wildman–Crippen LogP) is -0.752. The molecule has 4 N–H and O–H groups in total. The van der Waals surface area contributed by atoms with Crippen LogP contribution < -0.4 is 16.0 Å². The molecule has 0 aromatic heterocycles. The smallest absolute Gasteiger partial charge is 0.310 e. The largest absolute Gasteiger partial charge is 0.481 e. The molecule has 1 unspecified atom stereocenters. The highest BCUT2D eigenvalue weighted by molar-refractivity contribution is 5.73. The number of hydrogen-bond acceptors (Lipinski definition) is 4. The van der Waals surface area contributed by atoms with Crippen molar-refractivity contribution in [1.82, 2.24) is 16.0 Å². The summed E-state index contributed by atoms with van der Waals surface area (Å²) in [7, 11) is 0. The van der Waals surface area contributed by atoms with Crippen molar-refractivity contribution in [2.24, 2.45) is 5.41 Å². The van der Waals surface area contributed by atoms with Gasteiger partial charge in [-0.2, -0.15) is 0 Å². The Bertz CT molecular complexity index is 213. The third-order valence-corrected chi connectivity index (χ3v) is 2.66. The van der Waals surface area contributed by atoms with Gasteiger partial charge in [0.25, 0.3) is 0 Å². The van der Waals surface area contributed by atoms with Crippen LogP contribution in [0.1, 0.15) is 13.8 Å². The maximum absolute atomic E-state index is 10.8. The molecule has 1 atom stereocenters. The minimum atomic E-state index is -0.760. The summed E-state index contributed by atoms with van der Waals surface area (Å²) in [6.07, 6.45) is 0. The van der Waals surface area contributed by atoms with Crippen LogP contribution in [0.4, 0.5) is 0 Å². The van der Waals surface area contributed by atoms with Crippen LogP contribution in [0.15, 0.2) is 0 Å². The molecule has 0 saturated carbocycles. The lowest BCUT2D eigenvalue weighted by molar-refractivity contribution is -0.146. The Hall–Kier alpha value is -0.650. The van der Waals surface area contributed by atoms with Crippen molar-refractivity contribution in [2.75, 3.05) is 32.7 Å². The van der Waals surface area contributed by atoms with Gasteiger partial charge in [-0.3, -0.25) is 4.79 Å². The van der Waals surface area contributed by atoms with Crippen molar-refractivity contribution in [1.29, 1.82) is 0 Å². The van der Waals surface area contributed by atoms with Gasteiger partial charge in [-0.05, 0) is 13.8 Å². The SMILES string of the molecule is CC(C)(CNCC1CNCCN1)C(=O)O. The van der Waals surface area contributed by atoms with E-state index in [2.05, 4.69) is 16.0 Å². The summed E-state index contributed by atoms with van der Waals surface area (Å²) in [6.45, 7) is 7.71. The normalized spacial score (nSPS) is 22.7. The van der Waals surface area contributed by atoms with Crippen molar-refractivity contribution >= 4 is 5.97 Å². The van der Waals surface area contributed by atoms with Gasteiger partial charge < -0.3 is 21.1 Å². The van der Waals surface area contributed by atoms with E-state index >= 15 is 0 Å². The average molecular weight is 215 g/mol. The minimum absolute atomic E-state index is 0.406. The maximum Gasteiger partial charge on any atom is 0.310 e. The molecule has 0 bridgehead atoms. The molecule has 1 aliphatic rings. The van der Waals surface area contributed by atoms with Gasteiger partial charge in [-0.1, -0.05) is 0 Å². The lowest BCUT2D eigenvalue weighted by atomic mass is 9.94. The molecule has 15 heavy (non-hydrogen) atoms. The van der Waals surface area contributed by atoms with Crippen molar-refractivity contribution in [3.8, 4) is 0 Å². The second-order valence-electron chi connectivity index (χ2n) is 4.68. The Kier molecular flexibility index (Phi) is 4.50. The lowest BCUT2D eigenvalue weighted by Crippen LogP contribution is -2.53. The number of carboxylic acids is 1. The van der Waals surface area contributed by atoms with Gasteiger partial charge in [0.05, 0.1) is 5.41 Å². The molecule has 1 rings (SSSR count). The van der Waals surface area contributed by atoms with E-state index in [-0.39, 0.29) is 0 Å². The van der Waals surface area contributed by atoms with Gasteiger partial charge >= 0.3 is 5.97 Å². The molecule has 5 heteroatoms. The first-order valence-corrected chi connectivity index (χ1v) is 5.40. The number of aliphatic carboxylic acids is 1. The Morgan fingerprint density at radius 2 is 2.27 bits per heavy atom.